The Morgan fingerprint density at radius 3 is 2.44 bits per heavy atom. The average Bonchev–Trinajstić information content (AvgIpc) is 2.20. The molecule has 0 aliphatic heterocycles. The quantitative estimate of drug-likeness (QED) is 0.749. The van der Waals surface area contributed by atoms with Gasteiger partial charge in [-0.25, -0.2) is 0 Å². The van der Waals surface area contributed by atoms with E-state index in [1.807, 2.05) is 12.1 Å². The number of ether oxygens (including phenoxy) is 1. The van der Waals surface area contributed by atoms with E-state index in [2.05, 4.69) is 55.9 Å². The first kappa shape index (κ1) is 13.8. The van der Waals surface area contributed by atoms with Crippen molar-refractivity contribution < 1.29 is 4.74 Å². The topological polar surface area (TPSA) is 9.23 Å². The summed E-state index contributed by atoms with van der Waals surface area (Å²) in [5.74, 6) is 0.959. The van der Waals surface area contributed by atoms with E-state index < -0.39 is 8.80 Å². The SMILES string of the molecule is Cc1ccc(OCC(C)(C)[SiH](C)C)cc1Br. The molecule has 0 fully saturated rings. The summed E-state index contributed by atoms with van der Waals surface area (Å²) < 4.78 is 6.99. The Bertz CT molecular complexity index is 361. The minimum Gasteiger partial charge on any atom is -0.493 e. The molecule has 0 saturated heterocycles. The van der Waals surface area contributed by atoms with Crippen molar-refractivity contribution in [2.24, 2.45) is 0 Å². The van der Waals surface area contributed by atoms with Crippen LogP contribution >= 0.6 is 15.9 Å². The number of benzene rings is 1. The number of aryl methyl sites for hydroxylation is 1. The molecule has 0 unspecified atom stereocenters. The fourth-order valence-corrected chi connectivity index (χ4v) is 1.87. The van der Waals surface area contributed by atoms with E-state index in [0.29, 0.717) is 5.04 Å². The number of hydrogen-bond donors (Lipinski definition) is 0. The summed E-state index contributed by atoms with van der Waals surface area (Å²) in [4.78, 5) is 0. The van der Waals surface area contributed by atoms with Crippen molar-refractivity contribution in [1.82, 2.24) is 0 Å². The summed E-state index contributed by atoms with van der Waals surface area (Å²) in [6.45, 7) is 12.2. The molecule has 1 rings (SSSR count). The number of hydrogen-bond acceptors (Lipinski definition) is 1. The van der Waals surface area contributed by atoms with Crippen molar-refractivity contribution in [2.75, 3.05) is 6.61 Å². The molecule has 0 bridgehead atoms. The van der Waals surface area contributed by atoms with Crippen LogP contribution in [0.5, 0.6) is 5.75 Å². The lowest BCUT2D eigenvalue weighted by atomic mass is 10.2. The molecule has 0 spiro atoms. The second kappa shape index (κ2) is 5.37. The molecule has 3 heteroatoms. The minimum absolute atomic E-state index is 0.345. The van der Waals surface area contributed by atoms with Crippen molar-refractivity contribution in [3.05, 3.63) is 28.2 Å². The molecule has 90 valence electrons. The second-order valence-electron chi connectivity index (χ2n) is 5.34. The van der Waals surface area contributed by atoms with E-state index in [4.69, 9.17) is 4.74 Å². The molecule has 0 N–H and O–H groups in total. The van der Waals surface area contributed by atoms with Gasteiger partial charge >= 0.3 is 0 Å². The first-order chi connectivity index (χ1) is 7.33. The monoisotopic (exact) mass is 300 g/mol. The molecule has 0 aliphatic carbocycles. The van der Waals surface area contributed by atoms with Crippen molar-refractivity contribution >= 4 is 24.7 Å². The Labute approximate surface area is 109 Å². The van der Waals surface area contributed by atoms with E-state index in [1.54, 1.807) is 0 Å². The molecule has 1 aromatic rings. The van der Waals surface area contributed by atoms with Crippen molar-refractivity contribution in [3.8, 4) is 5.75 Å². The summed E-state index contributed by atoms with van der Waals surface area (Å²) in [7, 11) is -0.680. The van der Waals surface area contributed by atoms with Crippen LogP contribution in [-0.2, 0) is 0 Å². The van der Waals surface area contributed by atoms with E-state index in [9.17, 15) is 0 Å². The second-order valence-corrected chi connectivity index (χ2v) is 10.1. The molecule has 0 aromatic heterocycles. The van der Waals surface area contributed by atoms with Crippen LogP contribution in [0.25, 0.3) is 0 Å². The van der Waals surface area contributed by atoms with Crippen molar-refractivity contribution in [2.45, 2.75) is 38.9 Å². The van der Waals surface area contributed by atoms with Crippen molar-refractivity contribution in [1.29, 1.82) is 0 Å². The number of rotatable bonds is 4. The van der Waals surface area contributed by atoms with Crippen LogP contribution in [0.3, 0.4) is 0 Å². The molecular formula is C13H21BrOSi. The fourth-order valence-electron chi connectivity index (χ4n) is 1.10. The Morgan fingerprint density at radius 2 is 1.94 bits per heavy atom. The predicted octanol–water partition coefficient (Wildman–Crippen LogP) is 4.40. The molecule has 0 heterocycles. The number of halogens is 1. The standard InChI is InChI=1S/C13H21BrOSi/c1-10-6-7-11(8-12(10)14)15-9-13(2,3)16(4)5/h6-8,16H,9H2,1-5H3. The Hall–Kier alpha value is -0.283. The highest BCUT2D eigenvalue weighted by Crippen LogP contribution is 2.30. The van der Waals surface area contributed by atoms with Gasteiger partial charge in [0.15, 0.2) is 0 Å². The van der Waals surface area contributed by atoms with Gasteiger partial charge in [-0.15, -0.1) is 0 Å². The van der Waals surface area contributed by atoms with Gasteiger partial charge in [-0.2, -0.15) is 0 Å². The van der Waals surface area contributed by atoms with Gasteiger partial charge in [0.05, 0.1) is 6.61 Å². The predicted molar refractivity (Wildman–Crippen MR) is 77.3 cm³/mol. The molecule has 0 aliphatic rings. The van der Waals surface area contributed by atoms with Gasteiger partial charge in [-0.3, -0.25) is 0 Å². The average molecular weight is 301 g/mol. The molecule has 0 saturated carbocycles. The van der Waals surface area contributed by atoms with Crippen LogP contribution in [0.2, 0.25) is 18.1 Å². The lowest BCUT2D eigenvalue weighted by Gasteiger charge is -2.28. The third-order valence-corrected chi connectivity index (χ3v) is 7.46. The van der Waals surface area contributed by atoms with Gasteiger partial charge in [-0.05, 0) is 29.7 Å². The third kappa shape index (κ3) is 3.63. The van der Waals surface area contributed by atoms with Crippen molar-refractivity contribution in [3.63, 3.8) is 0 Å². The summed E-state index contributed by atoms with van der Waals surface area (Å²) in [6.07, 6.45) is 0. The zero-order valence-electron chi connectivity index (χ0n) is 10.8. The molecule has 0 radical (unpaired) electrons. The van der Waals surface area contributed by atoms with Gasteiger partial charge < -0.3 is 4.74 Å². The summed E-state index contributed by atoms with van der Waals surface area (Å²) >= 11 is 3.52. The third-order valence-electron chi connectivity index (χ3n) is 3.32. The van der Waals surface area contributed by atoms with E-state index in [0.717, 1.165) is 16.8 Å². The van der Waals surface area contributed by atoms with E-state index in [1.165, 1.54) is 5.56 Å². The van der Waals surface area contributed by atoms with Crippen LogP contribution in [0, 0.1) is 6.92 Å². The summed E-state index contributed by atoms with van der Waals surface area (Å²) in [5, 5.41) is 0.345. The smallest absolute Gasteiger partial charge is 0.120 e. The zero-order chi connectivity index (χ0) is 12.3. The maximum Gasteiger partial charge on any atom is 0.120 e. The van der Waals surface area contributed by atoms with Gasteiger partial charge in [0, 0.05) is 13.3 Å². The fraction of sp³-hybridized carbons (Fsp3) is 0.538. The molecule has 0 atom stereocenters. The first-order valence-electron chi connectivity index (χ1n) is 5.72. The maximum absolute atomic E-state index is 5.87. The lowest BCUT2D eigenvalue weighted by Crippen LogP contribution is -2.27. The highest BCUT2D eigenvalue weighted by atomic mass is 79.9. The normalized spacial score (nSPS) is 11.9. The van der Waals surface area contributed by atoms with Crippen LogP contribution in [0.4, 0.5) is 0 Å². The Kier molecular flexibility index (Phi) is 4.62. The molecule has 1 nitrogen and oxygen atoms in total. The maximum atomic E-state index is 5.87. The Morgan fingerprint density at radius 1 is 1.31 bits per heavy atom. The lowest BCUT2D eigenvalue weighted by molar-refractivity contribution is 0.276. The zero-order valence-corrected chi connectivity index (χ0v) is 13.5. The molecule has 16 heavy (non-hydrogen) atoms. The largest absolute Gasteiger partial charge is 0.493 e. The van der Waals surface area contributed by atoms with Crippen LogP contribution in [0.15, 0.2) is 22.7 Å². The van der Waals surface area contributed by atoms with Crippen LogP contribution in [-0.4, -0.2) is 15.4 Å². The summed E-state index contributed by atoms with van der Waals surface area (Å²) in [6, 6.07) is 6.17. The van der Waals surface area contributed by atoms with Crippen LogP contribution < -0.4 is 4.74 Å². The van der Waals surface area contributed by atoms with Gasteiger partial charge in [-0.1, -0.05) is 48.9 Å². The molecule has 1 aromatic carbocycles. The molecule has 0 amide bonds. The Balaban J connectivity index is 2.65. The summed E-state index contributed by atoms with van der Waals surface area (Å²) in [5.41, 5.74) is 1.24. The highest BCUT2D eigenvalue weighted by molar-refractivity contribution is 9.10. The van der Waals surface area contributed by atoms with Gasteiger partial charge in [0.1, 0.15) is 5.75 Å². The van der Waals surface area contributed by atoms with Crippen LogP contribution in [0.1, 0.15) is 19.4 Å². The minimum atomic E-state index is -0.680. The highest BCUT2D eigenvalue weighted by Gasteiger charge is 2.24. The first-order valence-corrected chi connectivity index (χ1v) is 9.40. The van der Waals surface area contributed by atoms with Gasteiger partial charge in [0.25, 0.3) is 0 Å². The molecular weight excluding hydrogens is 280 g/mol. The van der Waals surface area contributed by atoms with E-state index >= 15 is 0 Å². The van der Waals surface area contributed by atoms with Gasteiger partial charge in [0.2, 0.25) is 0 Å². The van der Waals surface area contributed by atoms with E-state index in [-0.39, 0.29) is 0 Å².